The van der Waals surface area contributed by atoms with Gasteiger partial charge in [0.1, 0.15) is 0 Å². The summed E-state index contributed by atoms with van der Waals surface area (Å²) >= 11 is 0. The molecule has 0 spiro atoms. The second kappa shape index (κ2) is 7.12. The average Bonchev–Trinajstić information content (AvgIpc) is 3.11. The topological polar surface area (TPSA) is 85.4 Å². The highest BCUT2D eigenvalue weighted by atomic mass is 16.6. The van der Waals surface area contributed by atoms with Gasteiger partial charge in [-0.1, -0.05) is 54.6 Å². The van der Waals surface area contributed by atoms with Crippen LogP contribution in [0.5, 0.6) is 0 Å². The Morgan fingerprint density at radius 1 is 1.03 bits per heavy atom. The van der Waals surface area contributed by atoms with Crippen LogP contribution in [0, 0.1) is 10.1 Å². The number of benzene rings is 3. The summed E-state index contributed by atoms with van der Waals surface area (Å²) in [5.41, 5.74) is 2.69. The van der Waals surface area contributed by atoms with Gasteiger partial charge < -0.3 is 5.11 Å². The molecular weight excluding hydrogens is 416 g/mol. The lowest BCUT2D eigenvalue weighted by Crippen LogP contribution is -2.45. The van der Waals surface area contributed by atoms with Gasteiger partial charge in [-0.25, -0.2) is 0 Å². The van der Waals surface area contributed by atoms with Crippen molar-refractivity contribution in [1.29, 1.82) is 0 Å². The number of carbonyl (C=O) groups is 1. The summed E-state index contributed by atoms with van der Waals surface area (Å²) < 4.78 is 1.69. The van der Waals surface area contributed by atoms with E-state index in [9.17, 15) is 20.0 Å². The number of aromatic nitrogens is 1. The molecule has 0 fully saturated rings. The number of fused-ring (bicyclic) bond motifs is 5. The second-order valence-corrected chi connectivity index (χ2v) is 9.56. The first-order chi connectivity index (χ1) is 15.6. The molecule has 0 radical (unpaired) electrons. The van der Waals surface area contributed by atoms with Gasteiger partial charge in [0.15, 0.2) is 0 Å². The van der Waals surface area contributed by atoms with Gasteiger partial charge in [0.2, 0.25) is 5.91 Å². The Hall–Kier alpha value is -3.77. The third kappa shape index (κ3) is 3.17. The minimum absolute atomic E-state index is 0.0254. The van der Waals surface area contributed by atoms with Crippen molar-refractivity contribution >= 4 is 22.5 Å². The number of hydrogen-bond acceptors (Lipinski definition) is 4. The van der Waals surface area contributed by atoms with Crippen LogP contribution in [0.15, 0.2) is 72.8 Å². The number of nitrogens with zero attached hydrogens (tertiary/aromatic N) is 2. The van der Waals surface area contributed by atoms with Crippen molar-refractivity contribution in [2.24, 2.45) is 0 Å². The molecule has 0 saturated heterocycles. The molecule has 1 aliphatic heterocycles. The molecule has 33 heavy (non-hydrogen) atoms. The van der Waals surface area contributed by atoms with Crippen LogP contribution in [0.3, 0.4) is 0 Å². The lowest BCUT2D eigenvalue weighted by Gasteiger charge is -2.39. The van der Waals surface area contributed by atoms with Crippen LogP contribution in [0.1, 0.15) is 37.6 Å². The van der Waals surface area contributed by atoms with Crippen LogP contribution in [0.4, 0.5) is 5.69 Å². The first-order valence-electron chi connectivity index (χ1n) is 10.9. The van der Waals surface area contributed by atoms with Crippen molar-refractivity contribution in [3.05, 3.63) is 88.5 Å². The highest BCUT2D eigenvalue weighted by Crippen LogP contribution is 2.51. The molecule has 0 saturated carbocycles. The molecule has 0 unspecified atom stereocenters. The lowest BCUT2D eigenvalue weighted by molar-refractivity contribution is -0.384. The fourth-order valence-corrected chi connectivity index (χ4v) is 5.32. The Morgan fingerprint density at radius 3 is 2.36 bits per heavy atom. The van der Waals surface area contributed by atoms with Crippen LogP contribution >= 0.6 is 0 Å². The average molecular weight is 440 g/mol. The van der Waals surface area contributed by atoms with E-state index in [0.717, 1.165) is 27.9 Å². The van der Waals surface area contributed by atoms with E-state index in [-0.39, 0.29) is 18.0 Å². The fourth-order valence-electron chi connectivity index (χ4n) is 5.32. The van der Waals surface area contributed by atoms with E-state index in [4.69, 9.17) is 0 Å². The van der Waals surface area contributed by atoms with E-state index < -0.39 is 15.9 Å². The highest BCUT2D eigenvalue weighted by Gasteiger charge is 2.47. The third-order valence-electron chi connectivity index (χ3n) is 6.46. The van der Waals surface area contributed by atoms with Gasteiger partial charge in [-0.05, 0) is 44.4 Å². The molecule has 0 aliphatic carbocycles. The fraction of sp³-hybridized carbons (Fsp3) is 0.222. The Bertz CT molecular complexity index is 1430. The number of carbonyl (C=O) groups excluding carboxylic acids is 1. The predicted octanol–water partition coefficient (Wildman–Crippen LogP) is 5.96. The van der Waals surface area contributed by atoms with Gasteiger partial charge in [0.05, 0.1) is 27.1 Å². The number of aliphatic hydroxyl groups is 1. The molecule has 5 rings (SSSR count). The van der Waals surface area contributed by atoms with E-state index in [1.54, 1.807) is 30.5 Å². The minimum Gasteiger partial charge on any atom is -0.390 e. The maximum Gasteiger partial charge on any atom is 0.270 e. The molecule has 2 heterocycles. The molecule has 166 valence electrons. The zero-order chi connectivity index (χ0) is 23.5. The molecule has 4 aromatic rings. The SMILES string of the molecule is CC(C)(O)C[C@@]1(C)C(=O)n2c(c(-c3ccccc3)c3cc([N+](=O)[O-])ccc32)-c2ccccc21. The zero-order valence-corrected chi connectivity index (χ0v) is 18.7. The van der Waals surface area contributed by atoms with Crippen LogP contribution < -0.4 is 0 Å². The van der Waals surface area contributed by atoms with Crippen molar-refractivity contribution in [3.63, 3.8) is 0 Å². The molecule has 0 amide bonds. The number of rotatable bonds is 4. The van der Waals surface area contributed by atoms with Crippen LogP contribution in [-0.2, 0) is 5.41 Å². The molecule has 1 aliphatic rings. The van der Waals surface area contributed by atoms with Crippen molar-refractivity contribution in [2.45, 2.75) is 38.2 Å². The first-order valence-corrected chi connectivity index (χ1v) is 10.9. The maximum absolute atomic E-state index is 14.2. The van der Waals surface area contributed by atoms with Crippen molar-refractivity contribution in [2.75, 3.05) is 0 Å². The number of nitro groups is 1. The van der Waals surface area contributed by atoms with Crippen molar-refractivity contribution in [3.8, 4) is 22.4 Å². The van der Waals surface area contributed by atoms with Crippen molar-refractivity contribution < 1.29 is 14.8 Å². The molecule has 1 atom stereocenters. The molecule has 6 heteroatoms. The highest BCUT2D eigenvalue weighted by molar-refractivity contribution is 6.14. The molecule has 1 aromatic heterocycles. The zero-order valence-electron chi connectivity index (χ0n) is 18.7. The second-order valence-electron chi connectivity index (χ2n) is 9.56. The first kappa shape index (κ1) is 21.1. The normalized spacial score (nSPS) is 17.6. The van der Waals surface area contributed by atoms with E-state index in [2.05, 4.69) is 0 Å². The van der Waals surface area contributed by atoms with Crippen molar-refractivity contribution in [1.82, 2.24) is 4.57 Å². The molecular formula is C27H24N2O4. The van der Waals surface area contributed by atoms with Gasteiger partial charge in [-0.3, -0.25) is 19.5 Å². The van der Waals surface area contributed by atoms with Crippen LogP contribution in [-0.4, -0.2) is 26.1 Å². The molecule has 6 nitrogen and oxygen atoms in total. The summed E-state index contributed by atoms with van der Waals surface area (Å²) in [7, 11) is 0. The van der Waals surface area contributed by atoms with Gasteiger partial charge in [-0.2, -0.15) is 0 Å². The van der Waals surface area contributed by atoms with Gasteiger partial charge in [-0.15, -0.1) is 0 Å². The Balaban J connectivity index is 1.94. The summed E-state index contributed by atoms with van der Waals surface area (Å²) in [5, 5.41) is 22.9. The number of hydrogen-bond donors (Lipinski definition) is 1. The van der Waals surface area contributed by atoms with Gasteiger partial charge in [0, 0.05) is 28.6 Å². The quantitative estimate of drug-likeness (QED) is 0.314. The van der Waals surface area contributed by atoms with Crippen LogP contribution in [0.25, 0.3) is 33.3 Å². The molecule has 3 aromatic carbocycles. The summed E-state index contributed by atoms with van der Waals surface area (Å²) in [4.78, 5) is 25.3. The van der Waals surface area contributed by atoms with E-state index >= 15 is 0 Å². The summed E-state index contributed by atoms with van der Waals surface area (Å²) in [5.74, 6) is -0.153. The summed E-state index contributed by atoms with van der Waals surface area (Å²) in [6.45, 7) is 5.28. The van der Waals surface area contributed by atoms with E-state index in [0.29, 0.717) is 10.9 Å². The number of non-ortho nitro benzene ring substituents is 1. The summed E-state index contributed by atoms with van der Waals surface area (Å²) in [6.07, 6.45) is 0.239. The largest absolute Gasteiger partial charge is 0.390 e. The monoisotopic (exact) mass is 440 g/mol. The smallest absolute Gasteiger partial charge is 0.270 e. The van der Waals surface area contributed by atoms with Crippen LogP contribution in [0.2, 0.25) is 0 Å². The third-order valence-corrected chi connectivity index (χ3v) is 6.46. The van der Waals surface area contributed by atoms with E-state index in [1.165, 1.54) is 6.07 Å². The standard InChI is InChI=1S/C27H24N2O4/c1-26(2,31)16-27(3)21-12-8-7-11-19(21)24-23(17-9-5-4-6-10-17)20-15-18(29(32)33)13-14-22(20)28(24)25(27)30/h4-15,31H,16H2,1-3H3/t27-/m1/s1. The Labute approximate surface area is 191 Å². The Morgan fingerprint density at radius 2 is 1.70 bits per heavy atom. The lowest BCUT2D eigenvalue weighted by atomic mass is 9.70. The minimum atomic E-state index is -1.07. The van der Waals surface area contributed by atoms with E-state index in [1.807, 2.05) is 61.5 Å². The summed E-state index contributed by atoms with van der Waals surface area (Å²) in [6, 6.07) is 22.0. The van der Waals surface area contributed by atoms with Gasteiger partial charge >= 0.3 is 0 Å². The predicted molar refractivity (Wildman–Crippen MR) is 128 cm³/mol. The number of nitro benzene ring substituents is 1. The molecule has 0 bridgehead atoms. The van der Waals surface area contributed by atoms with Gasteiger partial charge in [0.25, 0.3) is 5.69 Å². The maximum atomic E-state index is 14.2. The molecule has 1 N–H and O–H groups in total. The Kier molecular flexibility index (Phi) is 4.55.